The summed E-state index contributed by atoms with van der Waals surface area (Å²) in [6, 6.07) is 0. The second-order valence-corrected chi connectivity index (χ2v) is 11.2. The summed E-state index contributed by atoms with van der Waals surface area (Å²) < 4.78 is 28.3. The van der Waals surface area contributed by atoms with Gasteiger partial charge in [-0.3, -0.25) is 0 Å². The van der Waals surface area contributed by atoms with Crippen LogP contribution in [0.3, 0.4) is 0 Å². The molecular formula is C25H53NO3S. The Morgan fingerprint density at radius 1 is 0.633 bits per heavy atom. The highest BCUT2D eigenvalue weighted by Gasteiger charge is 2.26. The van der Waals surface area contributed by atoms with Crippen LogP contribution in [-0.4, -0.2) is 27.4 Å². The molecule has 0 unspecified atom stereocenters. The molecule has 0 heterocycles. The van der Waals surface area contributed by atoms with E-state index in [1.54, 1.807) is 0 Å². The van der Waals surface area contributed by atoms with Crippen LogP contribution in [0, 0.1) is 10.8 Å². The molecule has 0 aromatic heterocycles. The van der Waals surface area contributed by atoms with Gasteiger partial charge >= 0.3 is 0 Å². The number of unbranched alkanes of at least 4 members (excludes halogenated alkanes) is 3. The molecule has 0 bridgehead atoms. The van der Waals surface area contributed by atoms with Crippen molar-refractivity contribution in [2.45, 2.75) is 131 Å². The molecule has 0 saturated heterocycles. The molecule has 0 aliphatic rings. The van der Waals surface area contributed by atoms with E-state index in [2.05, 4.69) is 34.6 Å². The van der Waals surface area contributed by atoms with Crippen molar-refractivity contribution in [2.24, 2.45) is 16.0 Å². The monoisotopic (exact) mass is 447 g/mol. The predicted molar refractivity (Wildman–Crippen MR) is 131 cm³/mol. The van der Waals surface area contributed by atoms with Crippen molar-refractivity contribution in [3.63, 3.8) is 0 Å². The zero-order valence-corrected chi connectivity index (χ0v) is 21.8. The third kappa shape index (κ3) is 13.3. The largest absolute Gasteiger partial charge is 0.381 e. The van der Waals surface area contributed by atoms with Crippen molar-refractivity contribution in [1.29, 1.82) is 0 Å². The van der Waals surface area contributed by atoms with E-state index in [1.807, 2.05) is 0 Å². The predicted octanol–water partition coefficient (Wildman–Crippen LogP) is 7.22. The minimum Gasteiger partial charge on any atom is -0.381 e. The fourth-order valence-corrected chi connectivity index (χ4v) is 5.42. The van der Waals surface area contributed by atoms with Crippen molar-refractivity contribution >= 4 is 10.0 Å². The molecule has 4 nitrogen and oxygen atoms in total. The fourth-order valence-electron chi connectivity index (χ4n) is 4.87. The van der Waals surface area contributed by atoms with Gasteiger partial charge in [-0.2, -0.15) is 0 Å². The van der Waals surface area contributed by atoms with Crippen LogP contribution in [-0.2, 0) is 14.8 Å². The van der Waals surface area contributed by atoms with E-state index in [9.17, 15) is 8.42 Å². The van der Waals surface area contributed by atoms with Crippen LogP contribution in [0.2, 0.25) is 0 Å². The van der Waals surface area contributed by atoms with Gasteiger partial charge in [0.1, 0.15) is 0 Å². The first kappa shape index (κ1) is 29.9. The van der Waals surface area contributed by atoms with Crippen LogP contribution in [0.1, 0.15) is 131 Å². The molecule has 2 N–H and O–H groups in total. The van der Waals surface area contributed by atoms with E-state index in [1.165, 1.54) is 51.4 Å². The topological polar surface area (TPSA) is 69.4 Å². The molecule has 0 rings (SSSR count). The van der Waals surface area contributed by atoms with E-state index in [0.29, 0.717) is 11.8 Å². The van der Waals surface area contributed by atoms with E-state index in [0.717, 1.165) is 51.7 Å². The van der Waals surface area contributed by atoms with Crippen molar-refractivity contribution in [1.82, 2.24) is 0 Å². The SMILES string of the molecule is CCCCC(CC)(CC)CCCCOCCCCC(CC)(CC)CCCS(N)(=O)=O. The van der Waals surface area contributed by atoms with Gasteiger partial charge in [-0.25, -0.2) is 13.6 Å². The van der Waals surface area contributed by atoms with Crippen LogP contribution in [0.25, 0.3) is 0 Å². The lowest BCUT2D eigenvalue weighted by atomic mass is 9.74. The summed E-state index contributed by atoms with van der Waals surface area (Å²) in [5.74, 6) is 0.105. The maximum atomic E-state index is 11.2. The Balaban J connectivity index is 4.00. The summed E-state index contributed by atoms with van der Waals surface area (Å²) in [7, 11) is -3.34. The van der Waals surface area contributed by atoms with E-state index in [-0.39, 0.29) is 11.2 Å². The van der Waals surface area contributed by atoms with Gasteiger partial charge in [0.25, 0.3) is 0 Å². The maximum Gasteiger partial charge on any atom is 0.209 e. The summed E-state index contributed by atoms with van der Waals surface area (Å²) in [5.41, 5.74) is 0.815. The van der Waals surface area contributed by atoms with Crippen LogP contribution < -0.4 is 5.14 Å². The van der Waals surface area contributed by atoms with Gasteiger partial charge in [-0.1, -0.05) is 86.0 Å². The quantitative estimate of drug-likeness (QED) is 0.189. The van der Waals surface area contributed by atoms with Crippen molar-refractivity contribution < 1.29 is 13.2 Å². The minimum atomic E-state index is -3.34. The van der Waals surface area contributed by atoms with E-state index < -0.39 is 10.0 Å². The lowest BCUT2D eigenvalue weighted by Gasteiger charge is -2.32. The zero-order chi connectivity index (χ0) is 22.9. The van der Waals surface area contributed by atoms with Crippen molar-refractivity contribution in [3.8, 4) is 0 Å². The van der Waals surface area contributed by atoms with Crippen LogP contribution in [0.4, 0.5) is 0 Å². The molecule has 0 aromatic carbocycles. The molecule has 5 heteroatoms. The fraction of sp³-hybridized carbons (Fsp3) is 1.00. The first-order valence-corrected chi connectivity index (χ1v) is 14.5. The average molecular weight is 448 g/mol. The van der Waals surface area contributed by atoms with E-state index in [4.69, 9.17) is 9.88 Å². The van der Waals surface area contributed by atoms with Gasteiger partial charge in [0.05, 0.1) is 5.75 Å². The lowest BCUT2D eigenvalue weighted by molar-refractivity contribution is 0.113. The van der Waals surface area contributed by atoms with Crippen LogP contribution in [0.5, 0.6) is 0 Å². The first-order chi connectivity index (χ1) is 14.2. The Hall–Kier alpha value is -0.130. The summed E-state index contributed by atoms with van der Waals surface area (Å²) in [4.78, 5) is 0. The number of nitrogens with two attached hydrogens (primary N) is 1. The molecule has 0 fully saturated rings. The minimum absolute atomic E-state index is 0.105. The van der Waals surface area contributed by atoms with E-state index >= 15 is 0 Å². The third-order valence-corrected chi connectivity index (χ3v) is 8.55. The molecule has 0 amide bonds. The highest BCUT2D eigenvalue weighted by atomic mass is 32.2. The van der Waals surface area contributed by atoms with Gasteiger partial charge in [0.2, 0.25) is 10.0 Å². The van der Waals surface area contributed by atoms with Crippen LogP contribution >= 0.6 is 0 Å². The number of hydrogen-bond acceptors (Lipinski definition) is 3. The Labute approximate surface area is 189 Å². The Morgan fingerprint density at radius 3 is 1.40 bits per heavy atom. The van der Waals surface area contributed by atoms with Gasteiger partial charge in [0.15, 0.2) is 0 Å². The Morgan fingerprint density at radius 2 is 1.03 bits per heavy atom. The summed E-state index contributed by atoms with van der Waals surface area (Å²) in [6.45, 7) is 13.2. The normalized spacial score (nSPS) is 13.1. The number of ether oxygens (including phenoxy) is 1. The smallest absolute Gasteiger partial charge is 0.209 e. The molecule has 0 aromatic rings. The number of primary sulfonamides is 1. The zero-order valence-electron chi connectivity index (χ0n) is 20.9. The second-order valence-electron chi connectivity index (χ2n) is 9.51. The highest BCUT2D eigenvalue weighted by molar-refractivity contribution is 7.89. The number of hydrogen-bond donors (Lipinski definition) is 1. The van der Waals surface area contributed by atoms with Gasteiger partial charge < -0.3 is 4.74 Å². The molecule has 182 valence electrons. The summed E-state index contributed by atoms with van der Waals surface area (Å²) in [5, 5.41) is 5.15. The van der Waals surface area contributed by atoms with Gasteiger partial charge in [-0.15, -0.1) is 0 Å². The van der Waals surface area contributed by atoms with Crippen molar-refractivity contribution in [3.05, 3.63) is 0 Å². The molecule has 0 aliphatic heterocycles. The summed E-state index contributed by atoms with van der Waals surface area (Å²) >= 11 is 0. The van der Waals surface area contributed by atoms with Crippen LogP contribution in [0.15, 0.2) is 0 Å². The standard InChI is InChI=1S/C25H53NO3S/c1-6-11-17-24(7-2,8-3)18-12-14-21-29-22-15-13-19-25(9-4,10-5)20-16-23-30(26,27)28/h6-23H2,1-5H3,(H2,26,27,28). The third-order valence-electron chi connectivity index (χ3n) is 7.69. The first-order valence-electron chi connectivity index (χ1n) is 12.8. The average Bonchev–Trinajstić information content (AvgIpc) is 2.73. The molecule has 0 atom stereocenters. The highest BCUT2D eigenvalue weighted by Crippen LogP contribution is 2.38. The molecule has 0 spiro atoms. The number of sulfonamides is 1. The molecule has 30 heavy (non-hydrogen) atoms. The van der Waals surface area contributed by atoms with Gasteiger partial charge in [0, 0.05) is 13.2 Å². The Kier molecular flexibility index (Phi) is 16.4. The van der Waals surface area contributed by atoms with Crippen molar-refractivity contribution in [2.75, 3.05) is 19.0 Å². The molecule has 0 radical (unpaired) electrons. The number of rotatable bonds is 21. The lowest BCUT2D eigenvalue weighted by Crippen LogP contribution is -2.22. The summed E-state index contributed by atoms with van der Waals surface area (Å²) in [6.07, 6.45) is 17.7. The molecular weight excluding hydrogens is 394 g/mol. The van der Waals surface area contributed by atoms with Gasteiger partial charge in [-0.05, 0) is 55.8 Å². The maximum absolute atomic E-state index is 11.2. The Bertz CT molecular complexity index is 497. The molecule has 0 aliphatic carbocycles. The second kappa shape index (κ2) is 16.5. The molecule has 0 saturated carbocycles.